The number of hydrogen-bond acceptors (Lipinski definition) is 4. The highest BCUT2D eigenvalue weighted by atomic mass is 32.2. The lowest BCUT2D eigenvalue weighted by Crippen LogP contribution is -2.24. The summed E-state index contributed by atoms with van der Waals surface area (Å²) in [6, 6.07) is 6.22. The van der Waals surface area contributed by atoms with Gasteiger partial charge in [0.1, 0.15) is 0 Å². The SMILES string of the molecule is CN1C(=O)CSC1=Nc1ccc(C(=O)O)cc1. The van der Waals surface area contributed by atoms with E-state index in [4.69, 9.17) is 5.11 Å². The van der Waals surface area contributed by atoms with Crippen molar-refractivity contribution in [3.8, 4) is 0 Å². The molecule has 0 unspecified atom stereocenters. The van der Waals surface area contributed by atoms with Crippen LogP contribution >= 0.6 is 11.8 Å². The van der Waals surface area contributed by atoms with E-state index < -0.39 is 5.97 Å². The van der Waals surface area contributed by atoms with Crippen molar-refractivity contribution in [3.63, 3.8) is 0 Å². The predicted molar refractivity (Wildman–Crippen MR) is 65.7 cm³/mol. The fraction of sp³-hybridized carbons (Fsp3) is 0.182. The number of nitrogens with zero attached hydrogens (tertiary/aromatic N) is 2. The second-order valence-corrected chi connectivity index (χ2v) is 4.43. The molecule has 1 aromatic rings. The minimum Gasteiger partial charge on any atom is -0.478 e. The van der Waals surface area contributed by atoms with E-state index in [0.717, 1.165) is 0 Å². The van der Waals surface area contributed by atoms with Gasteiger partial charge in [-0.05, 0) is 24.3 Å². The van der Waals surface area contributed by atoms with Crippen molar-refractivity contribution in [1.29, 1.82) is 0 Å². The van der Waals surface area contributed by atoms with Crippen LogP contribution in [-0.4, -0.2) is 39.9 Å². The Morgan fingerprint density at radius 1 is 1.41 bits per heavy atom. The maximum atomic E-state index is 11.3. The van der Waals surface area contributed by atoms with Gasteiger partial charge < -0.3 is 5.11 Å². The Kier molecular flexibility index (Phi) is 3.14. The van der Waals surface area contributed by atoms with Crippen LogP contribution in [0.3, 0.4) is 0 Å². The fourth-order valence-corrected chi connectivity index (χ4v) is 2.23. The number of aromatic carboxylic acids is 1. The Morgan fingerprint density at radius 2 is 2.06 bits per heavy atom. The standard InChI is InChI=1S/C11H10N2O3S/c1-13-9(14)6-17-11(13)12-8-4-2-7(3-5-8)10(15)16/h2-5H,6H2,1H3,(H,15,16). The normalized spacial score (nSPS) is 17.8. The molecule has 1 fully saturated rings. The number of carboxylic acids is 1. The molecule has 1 saturated heterocycles. The number of thioether (sulfide) groups is 1. The molecule has 1 aliphatic heterocycles. The number of hydrogen-bond donors (Lipinski definition) is 1. The van der Waals surface area contributed by atoms with Crippen molar-refractivity contribution in [2.24, 2.45) is 4.99 Å². The van der Waals surface area contributed by atoms with Gasteiger partial charge >= 0.3 is 5.97 Å². The van der Waals surface area contributed by atoms with Gasteiger partial charge in [0.05, 0.1) is 17.0 Å². The maximum Gasteiger partial charge on any atom is 0.335 e. The fourth-order valence-electron chi connectivity index (χ4n) is 1.32. The summed E-state index contributed by atoms with van der Waals surface area (Å²) in [6.07, 6.45) is 0. The molecule has 1 heterocycles. The first-order chi connectivity index (χ1) is 8.08. The number of rotatable bonds is 2. The van der Waals surface area contributed by atoms with Crippen molar-refractivity contribution in [2.75, 3.05) is 12.8 Å². The Bertz CT molecular complexity index is 496. The third-order valence-electron chi connectivity index (χ3n) is 2.32. The molecule has 1 amide bonds. The molecule has 0 aliphatic carbocycles. The van der Waals surface area contributed by atoms with Gasteiger partial charge in [-0.3, -0.25) is 9.69 Å². The van der Waals surface area contributed by atoms with Gasteiger partial charge in [0.2, 0.25) is 5.91 Å². The first kappa shape index (κ1) is 11.7. The van der Waals surface area contributed by atoms with Crippen molar-refractivity contribution in [3.05, 3.63) is 29.8 Å². The summed E-state index contributed by atoms with van der Waals surface area (Å²) in [7, 11) is 1.67. The Morgan fingerprint density at radius 3 is 2.53 bits per heavy atom. The van der Waals surface area contributed by atoms with Crippen LogP contribution in [0.2, 0.25) is 0 Å². The second-order valence-electron chi connectivity index (χ2n) is 3.49. The zero-order chi connectivity index (χ0) is 12.4. The van der Waals surface area contributed by atoms with Gasteiger partial charge in [-0.1, -0.05) is 11.8 Å². The molecule has 1 N–H and O–H groups in total. The molecule has 1 aromatic carbocycles. The van der Waals surface area contributed by atoms with Crippen LogP contribution in [0.25, 0.3) is 0 Å². The molecule has 0 atom stereocenters. The molecule has 0 bridgehead atoms. The van der Waals surface area contributed by atoms with Gasteiger partial charge in [-0.2, -0.15) is 0 Å². The lowest BCUT2D eigenvalue weighted by molar-refractivity contribution is -0.123. The highest BCUT2D eigenvalue weighted by molar-refractivity contribution is 8.15. The van der Waals surface area contributed by atoms with Crippen LogP contribution in [0.1, 0.15) is 10.4 Å². The Labute approximate surface area is 102 Å². The maximum absolute atomic E-state index is 11.3. The summed E-state index contributed by atoms with van der Waals surface area (Å²) in [5.74, 6) is -0.537. The first-order valence-corrected chi connectivity index (χ1v) is 5.88. The van der Waals surface area contributed by atoms with Crippen molar-refractivity contribution >= 4 is 34.5 Å². The van der Waals surface area contributed by atoms with Crippen molar-refractivity contribution in [1.82, 2.24) is 4.90 Å². The van der Waals surface area contributed by atoms with E-state index in [1.165, 1.54) is 28.8 Å². The van der Waals surface area contributed by atoms with Crippen molar-refractivity contribution in [2.45, 2.75) is 0 Å². The zero-order valence-corrected chi connectivity index (χ0v) is 9.90. The number of carbonyl (C=O) groups is 2. The van der Waals surface area contributed by atoms with E-state index in [-0.39, 0.29) is 11.5 Å². The molecule has 0 aromatic heterocycles. The molecule has 1 aliphatic rings. The van der Waals surface area contributed by atoms with Gasteiger partial charge in [0, 0.05) is 7.05 Å². The molecule has 5 nitrogen and oxygen atoms in total. The van der Waals surface area contributed by atoms with Crippen LogP contribution in [-0.2, 0) is 4.79 Å². The third kappa shape index (κ3) is 2.47. The van der Waals surface area contributed by atoms with E-state index in [1.807, 2.05) is 0 Å². The Hall–Kier alpha value is -1.82. The van der Waals surface area contributed by atoms with Crippen LogP contribution < -0.4 is 0 Å². The third-order valence-corrected chi connectivity index (χ3v) is 3.34. The van der Waals surface area contributed by atoms with E-state index in [1.54, 1.807) is 19.2 Å². The highest BCUT2D eigenvalue weighted by Gasteiger charge is 2.24. The predicted octanol–water partition coefficient (Wildman–Crippen LogP) is 1.58. The number of amides is 1. The minimum atomic E-state index is -0.966. The number of carboxylic acid groups (broad SMARTS) is 1. The molecule has 6 heteroatoms. The summed E-state index contributed by atoms with van der Waals surface area (Å²) in [4.78, 5) is 27.7. The summed E-state index contributed by atoms with van der Waals surface area (Å²) in [5, 5.41) is 9.38. The lowest BCUT2D eigenvalue weighted by atomic mass is 10.2. The summed E-state index contributed by atoms with van der Waals surface area (Å²) in [5.41, 5.74) is 0.858. The topological polar surface area (TPSA) is 70.0 Å². The molecular weight excluding hydrogens is 240 g/mol. The van der Waals surface area contributed by atoms with E-state index in [0.29, 0.717) is 16.6 Å². The van der Waals surface area contributed by atoms with Crippen LogP contribution in [0, 0.1) is 0 Å². The first-order valence-electron chi connectivity index (χ1n) is 4.89. The molecular formula is C11H10N2O3S. The molecule has 0 saturated carbocycles. The highest BCUT2D eigenvalue weighted by Crippen LogP contribution is 2.22. The van der Waals surface area contributed by atoms with Crippen LogP contribution in [0.15, 0.2) is 29.3 Å². The van der Waals surface area contributed by atoms with E-state index >= 15 is 0 Å². The smallest absolute Gasteiger partial charge is 0.335 e. The minimum absolute atomic E-state index is 0.0240. The van der Waals surface area contributed by atoms with Gasteiger partial charge in [-0.25, -0.2) is 9.79 Å². The Balaban J connectivity index is 2.22. The van der Waals surface area contributed by atoms with Gasteiger partial charge in [0.15, 0.2) is 5.17 Å². The van der Waals surface area contributed by atoms with E-state index in [2.05, 4.69) is 4.99 Å². The van der Waals surface area contributed by atoms with Crippen LogP contribution in [0.5, 0.6) is 0 Å². The van der Waals surface area contributed by atoms with Crippen LogP contribution in [0.4, 0.5) is 5.69 Å². The average molecular weight is 250 g/mol. The lowest BCUT2D eigenvalue weighted by Gasteiger charge is -2.07. The monoisotopic (exact) mass is 250 g/mol. The molecule has 17 heavy (non-hydrogen) atoms. The van der Waals surface area contributed by atoms with Gasteiger partial charge in [0.25, 0.3) is 0 Å². The van der Waals surface area contributed by atoms with Crippen molar-refractivity contribution < 1.29 is 14.7 Å². The van der Waals surface area contributed by atoms with Gasteiger partial charge in [-0.15, -0.1) is 0 Å². The molecule has 0 radical (unpaired) electrons. The average Bonchev–Trinajstić information content (AvgIpc) is 2.62. The summed E-state index contributed by atoms with van der Waals surface area (Å²) in [6.45, 7) is 0. The molecule has 0 spiro atoms. The molecule has 2 rings (SSSR count). The summed E-state index contributed by atoms with van der Waals surface area (Å²) < 4.78 is 0. The summed E-state index contributed by atoms with van der Waals surface area (Å²) >= 11 is 1.37. The number of carbonyl (C=O) groups excluding carboxylic acids is 1. The van der Waals surface area contributed by atoms with E-state index in [9.17, 15) is 9.59 Å². The quantitative estimate of drug-likeness (QED) is 0.865. The largest absolute Gasteiger partial charge is 0.478 e. The number of amidine groups is 1. The zero-order valence-electron chi connectivity index (χ0n) is 9.08. The number of benzene rings is 1. The molecule has 88 valence electrons. The number of aliphatic imine (C=N–C) groups is 1. The second kappa shape index (κ2) is 4.58.